The minimum absolute atomic E-state index is 0.0458. The number of hydrogen-bond donors (Lipinski definition) is 1. The standard InChI is InChI=1S/C14H19BrN2O3S/c1-3-10-5-4-6-17(10)14(18)12-7-11(21(16,19)20)8-13(15)9(12)2/h7-8,10H,3-6H2,1-2H3,(H2,16,19,20). The molecule has 0 bridgehead atoms. The minimum atomic E-state index is -3.84. The van der Waals surface area contributed by atoms with Crippen LogP contribution in [0.1, 0.15) is 42.1 Å². The second-order valence-electron chi connectivity index (χ2n) is 5.33. The molecule has 1 fully saturated rings. The first-order chi connectivity index (χ1) is 9.75. The molecule has 1 aromatic rings. The summed E-state index contributed by atoms with van der Waals surface area (Å²) in [5, 5.41) is 5.18. The Balaban J connectivity index is 2.48. The fourth-order valence-electron chi connectivity index (χ4n) is 2.72. The molecule has 1 heterocycles. The largest absolute Gasteiger partial charge is 0.336 e. The maximum atomic E-state index is 12.7. The number of primary sulfonamides is 1. The molecule has 0 saturated carbocycles. The Morgan fingerprint density at radius 2 is 2.14 bits per heavy atom. The summed E-state index contributed by atoms with van der Waals surface area (Å²) in [6.07, 6.45) is 2.89. The molecular formula is C14H19BrN2O3S. The molecule has 5 nitrogen and oxygen atoms in total. The van der Waals surface area contributed by atoms with E-state index in [1.807, 2.05) is 4.90 Å². The van der Waals surface area contributed by atoms with Crippen molar-refractivity contribution >= 4 is 31.9 Å². The number of nitrogens with zero attached hydrogens (tertiary/aromatic N) is 1. The second-order valence-corrected chi connectivity index (χ2v) is 7.74. The highest BCUT2D eigenvalue weighted by atomic mass is 79.9. The molecule has 7 heteroatoms. The van der Waals surface area contributed by atoms with Crippen molar-refractivity contribution in [1.29, 1.82) is 0 Å². The Kier molecular flexibility index (Phi) is 4.75. The number of hydrogen-bond acceptors (Lipinski definition) is 3. The Bertz CT molecular complexity index is 673. The highest BCUT2D eigenvalue weighted by Crippen LogP contribution is 2.28. The van der Waals surface area contributed by atoms with Crippen molar-refractivity contribution in [3.8, 4) is 0 Å². The van der Waals surface area contributed by atoms with Crippen molar-refractivity contribution in [3.63, 3.8) is 0 Å². The van der Waals surface area contributed by atoms with Gasteiger partial charge >= 0.3 is 0 Å². The molecule has 116 valence electrons. The van der Waals surface area contributed by atoms with Crippen LogP contribution in [0, 0.1) is 6.92 Å². The van der Waals surface area contributed by atoms with Crippen LogP contribution in [-0.2, 0) is 10.0 Å². The highest BCUT2D eigenvalue weighted by Gasteiger charge is 2.29. The molecule has 0 radical (unpaired) electrons. The molecule has 1 unspecified atom stereocenters. The average molecular weight is 375 g/mol. The minimum Gasteiger partial charge on any atom is -0.336 e. The third kappa shape index (κ3) is 3.30. The van der Waals surface area contributed by atoms with Crippen LogP contribution < -0.4 is 5.14 Å². The molecule has 1 aliphatic rings. The van der Waals surface area contributed by atoms with Crippen LogP contribution in [0.2, 0.25) is 0 Å². The van der Waals surface area contributed by atoms with Crippen molar-refractivity contribution in [2.75, 3.05) is 6.54 Å². The van der Waals surface area contributed by atoms with E-state index in [1.165, 1.54) is 12.1 Å². The van der Waals surface area contributed by atoms with E-state index in [0.29, 0.717) is 16.6 Å². The van der Waals surface area contributed by atoms with Gasteiger partial charge in [0, 0.05) is 22.6 Å². The number of rotatable bonds is 3. The van der Waals surface area contributed by atoms with E-state index >= 15 is 0 Å². The van der Waals surface area contributed by atoms with E-state index < -0.39 is 10.0 Å². The maximum Gasteiger partial charge on any atom is 0.254 e. The van der Waals surface area contributed by atoms with Gasteiger partial charge in [0.2, 0.25) is 10.0 Å². The maximum absolute atomic E-state index is 12.7. The fourth-order valence-corrected chi connectivity index (χ4v) is 3.90. The lowest BCUT2D eigenvalue weighted by atomic mass is 10.1. The van der Waals surface area contributed by atoms with Crippen LogP contribution in [0.15, 0.2) is 21.5 Å². The first kappa shape index (κ1) is 16.5. The van der Waals surface area contributed by atoms with Gasteiger partial charge < -0.3 is 4.90 Å². The van der Waals surface area contributed by atoms with Crippen molar-refractivity contribution in [3.05, 3.63) is 27.7 Å². The quantitative estimate of drug-likeness (QED) is 0.881. The molecule has 1 aromatic carbocycles. The van der Waals surface area contributed by atoms with Crippen LogP contribution in [0.25, 0.3) is 0 Å². The number of amides is 1. The van der Waals surface area contributed by atoms with Crippen LogP contribution in [-0.4, -0.2) is 31.8 Å². The molecule has 2 N–H and O–H groups in total. The van der Waals surface area contributed by atoms with E-state index in [4.69, 9.17) is 5.14 Å². The third-order valence-corrected chi connectivity index (χ3v) is 5.70. The lowest BCUT2D eigenvalue weighted by molar-refractivity contribution is 0.0732. The van der Waals surface area contributed by atoms with E-state index in [-0.39, 0.29) is 16.8 Å². The SMILES string of the molecule is CCC1CCCN1C(=O)c1cc(S(N)(=O)=O)cc(Br)c1C. The third-order valence-electron chi connectivity index (χ3n) is 3.99. The number of benzene rings is 1. The van der Waals surface area contributed by atoms with Crippen LogP contribution in [0.3, 0.4) is 0 Å². The Hall–Kier alpha value is -0.920. The predicted molar refractivity (Wildman–Crippen MR) is 84.6 cm³/mol. The summed E-state index contributed by atoms with van der Waals surface area (Å²) in [5.41, 5.74) is 1.13. The summed E-state index contributed by atoms with van der Waals surface area (Å²) in [4.78, 5) is 14.5. The molecule has 1 atom stereocenters. The zero-order valence-corrected chi connectivity index (χ0v) is 14.5. The molecule has 1 aliphatic heterocycles. The normalized spacial score (nSPS) is 19.0. The van der Waals surface area contributed by atoms with Gasteiger partial charge in [0.1, 0.15) is 0 Å². The van der Waals surface area contributed by atoms with E-state index in [0.717, 1.165) is 24.8 Å². The van der Waals surface area contributed by atoms with Crippen molar-refractivity contribution in [1.82, 2.24) is 4.90 Å². The smallest absolute Gasteiger partial charge is 0.254 e. The van der Waals surface area contributed by atoms with E-state index in [1.54, 1.807) is 6.92 Å². The van der Waals surface area contributed by atoms with E-state index in [2.05, 4.69) is 22.9 Å². The van der Waals surface area contributed by atoms with Gasteiger partial charge in [-0.15, -0.1) is 0 Å². The van der Waals surface area contributed by atoms with Gasteiger partial charge in [0.25, 0.3) is 5.91 Å². The monoisotopic (exact) mass is 374 g/mol. The topological polar surface area (TPSA) is 80.5 Å². The molecule has 2 rings (SSSR count). The van der Waals surface area contributed by atoms with Gasteiger partial charge in [0.05, 0.1) is 4.90 Å². The van der Waals surface area contributed by atoms with Crippen molar-refractivity contribution in [2.45, 2.75) is 44.0 Å². The van der Waals surface area contributed by atoms with E-state index in [9.17, 15) is 13.2 Å². The Morgan fingerprint density at radius 1 is 1.48 bits per heavy atom. The van der Waals surface area contributed by atoms with Crippen LogP contribution >= 0.6 is 15.9 Å². The van der Waals surface area contributed by atoms with Crippen molar-refractivity contribution in [2.24, 2.45) is 5.14 Å². The van der Waals surface area contributed by atoms with Gasteiger partial charge in [-0.25, -0.2) is 13.6 Å². The van der Waals surface area contributed by atoms with Gasteiger partial charge in [-0.1, -0.05) is 22.9 Å². The Labute approximate surface area is 133 Å². The van der Waals surface area contributed by atoms with Gasteiger partial charge in [-0.05, 0) is 43.9 Å². The fraction of sp³-hybridized carbons (Fsp3) is 0.500. The first-order valence-electron chi connectivity index (χ1n) is 6.89. The van der Waals surface area contributed by atoms with Gasteiger partial charge in [0.15, 0.2) is 0 Å². The number of carbonyl (C=O) groups is 1. The highest BCUT2D eigenvalue weighted by molar-refractivity contribution is 9.10. The second kappa shape index (κ2) is 6.06. The number of likely N-dealkylation sites (tertiary alicyclic amines) is 1. The van der Waals surface area contributed by atoms with Crippen molar-refractivity contribution < 1.29 is 13.2 Å². The summed E-state index contributed by atoms with van der Waals surface area (Å²) in [6.45, 7) is 4.56. The summed E-state index contributed by atoms with van der Waals surface area (Å²) in [5.74, 6) is -0.122. The lowest BCUT2D eigenvalue weighted by Gasteiger charge is -2.25. The number of carbonyl (C=O) groups excluding carboxylic acids is 1. The number of nitrogens with two attached hydrogens (primary N) is 1. The summed E-state index contributed by atoms with van der Waals surface area (Å²) >= 11 is 3.31. The number of sulfonamides is 1. The summed E-state index contributed by atoms with van der Waals surface area (Å²) in [6, 6.07) is 3.04. The Morgan fingerprint density at radius 3 is 2.71 bits per heavy atom. The molecule has 0 aromatic heterocycles. The molecular weight excluding hydrogens is 356 g/mol. The molecule has 21 heavy (non-hydrogen) atoms. The van der Waals surface area contributed by atoms with Crippen LogP contribution in [0.5, 0.6) is 0 Å². The average Bonchev–Trinajstić information content (AvgIpc) is 2.88. The molecule has 0 aliphatic carbocycles. The zero-order chi connectivity index (χ0) is 15.8. The molecule has 0 spiro atoms. The van der Waals surface area contributed by atoms with Gasteiger partial charge in [-0.3, -0.25) is 4.79 Å². The molecule has 1 amide bonds. The lowest BCUT2D eigenvalue weighted by Crippen LogP contribution is -2.35. The zero-order valence-electron chi connectivity index (χ0n) is 12.1. The first-order valence-corrected chi connectivity index (χ1v) is 9.23. The summed E-state index contributed by atoms with van der Waals surface area (Å²) in [7, 11) is -3.84. The molecule has 1 saturated heterocycles. The van der Waals surface area contributed by atoms with Crippen LogP contribution in [0.4, 0.5) is 0 Å². The summed E-state index contributed by atoms with van der Waals surface area (Å²) < 4.78 is 23.7. The van der Waals surface area contributed by atoms with Gasteiger partial charge in [-0.2, -0.15) is 0 Å². The number of halogens is 1. The predicted octanol–water partition coefficient (Wildman–Crippen LogP) is 2.42.